The van der Waals surface area contributed by atoms with E-state index < -0.39 is 17.5 Å². The Morgan fingerprint density at radius 3 is 2.72 bits per heavy atom. The number of rotatable bonds is 5. The lowest BCUT2D eigenvalue weighted by atomic mass is 10.1. The van der Waals surface area contributed by atoms with E-state index in [2.05, 4.69) is 10.4 Å². The Labute approximate surface area is 142 Å². The Kier molecular flexibility index (Phi) is 4.74. The maximum atomic E-state index is 12.9. The lowest BCUT2D eigenvalue weighted by molar-refractivity contribution is -0.117. The van der Waals surface area contributed by atoms with E-state index in [1.165, 1.54) is 24.3 Å². The van der Waals surface area contributed by atoms with Crippen molar-refractivity contribution >= 4 is 11.6 Å². The molecule has 0 spiro atoms. The van der Waals surface area contributed by atoms with Gasteiger partial charge in [0.05, 0.1) is 0 Å². The highest BCUT2D eigenvalue weighted by atomic mass is 19.1. The highest BCUT2D eigenvalue weighted by Crippen LogP contribution is 2.15. The predicted octanol–water partition coefficient (Wildman–Crippen LogP) is 2.84. The maximum absolute atomic E-state index is 12.9. The van der Waals surface area contributed by atoms with Crippen LogP contribution in [0, 0.1) is 5.82 Å². The number of carbonyl (C=O) groups is 1. The zero-order valence-electron chi connectivity index (χ0n) is 13.5. The van der Waals surface area contributed by atoms with Crippen LogP contribution in [0.2, 0.25) is 0 Å². The van der Waals surface area contributed by atoms with E-state index in [0.717, 1.165) is 16.7 Å². The van der Waals surface area contributed by atoms with E-state index in [4.69, 9.17) is 4.42 Å². The van der Waals surface area contributed by atoms with Crippen molar-refractivity contribution in [2.45, 2.75) is 19.9 Å². The highest BCUT2D eigenvalue weighted by molar-refractivity contribution is 5.90. The molecular weight excluding hydrogens is 325 g/mol. The van der Waals surface area contributed by atoms with Crippen LogP contribution in [0.3, 0.4) is 0 Å². The SMILES string of the molecule is CCc1cccc(NC(=O)Cn2nc(-c3ccc(F)cc3)oc2=O)c1. The fourth-order valence-corrected chi connectivity index (χ4v) is 2.32. The molecule has 3 aromatic rings. The number of nitrogens with one attached hydrogen (secondary N) is 1. The third-order valence-corrected chi connectivity index (χ3v) is 3.61. The minimum absolute atomic E-state index is 0.0331. The van der Waals surface area contributed by atoms with E-state index in [9.17, 15) is 14.0 Å². The third kappa shape index (κ3) is 4.00. The average molecular weight is 341 g/mol. The smallest absolute Gasteiger partial charge is 0.388 e. The Morgan fingerprint density at radius 1 is 1.24 bits per heavy atom. The molecular formula is C18H16FN3O3. The number of nitrogens with zero attached hydrogens (tertiary/aromatic N) is 2. The standard InChI is InChI=1S/C18H16FN3O3/c1-2-12-4-3-5-15(10-12)20-16(23)11-22-18(24)25-17(21-22)13-6-8-14(19)9-7-13/h3-10H,2,11H2,1H3,(H,20,23). The molecule has 0 atom stereocenters. The fourth-order valence-electron chi connectivity index (χ4n) is 2.32. The van der Waals surface area contributed by atoms with E-state index >= 15 is 0 Å². The van der Waals surface area contributed by atoms with Gasteiger partial charge in [0.1, 0.15) is 12.4 Å². The molecule has 1 N–H and O–H groups in total. The number of amides is 1. The topological polar surface area (TPSA) is 77.1 Å². The molecule has 1 aromatic heterocycles. The molecule has 7 heteroatoms. The van der Waals surface area contributed by atoms with Gasteiger partial charge in [-0.25, -0.2) is 9.18 Å². The van der Waals surface area contributed by atoms with Gasteiger partial charge in [0.2, 0.25) is 11.8 Å². The van der Waals surface area contributed by atoms with Gasteiger partial charge in [0, 0.05) is 11.3 Å². The molecule has 0 aliphatic rings. The summed E-state index contributed by atoms with van der Waals surface area (Å²) in [5.41, 5.74) is 2.20. The summed E-state index contributed by atoms with van der Waals surface area (Å²) in [6, 6.07) is 12.8. The van der Waals surface area contributed by atoms with Crippen molar-refractivity contribution in [1.82, 2.24) is 9.78 Å². The van der Waals surface area contributed by atoms with Gasteiger partial charge in [-0.3, -0.25) is 4.79 Å². The van der Waals surface area contributed by atoms with E-state index in [-0.39, 0.29) is 12.4 Å². The molecule has 6 nitrogen and oxygen atoms in total. The van der Waals surface area contributed by atoms with Crippen LogP contribution >= 0.6 is 0 Å². The molecule has 0 saturated carbocycles. The molecule has 0 unspecified atom stereocenters. The van der Waals surface area contributed by atoms with Crippen molar-refractivity contribution in [3.8, 4) is 11.5 Å². The van der Waals surface area contributed by atoms with E-state index in [0.29, 0.717) is 11.3 Å². The Balaban J connectivity index is 1.73. The zero-order chi connectivity index (χ0) is 17.8. The van der Waals surface area contributed by atoms with Crippen molar-refractivity contribution in [3.63, 3.8) is 0 Å². The quantitative estimate of drug-likeness (QED) is 0.774. The summed E-state index contributed by atoms with van der Waals surface area (Å²) < 4.78 is 18.9. The Morgan fingerprint density at radius 2 is 2.00 bits per heavy atom. The molecule has 1 amide bonds. The summed E-state index contributed by atoms with van der Waals surface area (Å²) in [6.45, 7) is 1.74. The van der Waals surface area contributed by atoms with Crippen molar-refractivity contribution < 1.29 is 13.6 Å². The second-order valence-corrected chi connectivity index (χ2v) is 5.44. The van der Waals surface area contributed by atoms with Crippen LogP contribution < -0.4 is 11.1 Å². The first-order chi connectivity index (χ1) is 12.0. The summed E-state index contributed by atoms with van der Waals surface area (Å²) >= 11 is 0. The molecule has 2 aromatic carbocycles. The summed E-state index contributed by atoms with van der Waals surface area (Å²) in [7, 11) is 0. The highest BCUT2D eigenvalue weighted by Gasteiger charge is 2.13. The lowest BCUT2D eigenvalue weighted by Crippen LogP contribution is -2.25. The van der Waals surface area contributed by atoms with Crippen LogP contribution in [0.4, 0.5) is 10.1 Å². The monoisotopic (exact) mass is 341 g/mol. The number of benzene rings is 2. The minimum atomic E-state index is -0.753. The van der Waals surface area contributed by atoms with Crippen LogP contribution in [0.25, 0.3) is 11.5 Å². The predicted molar refractivity (Wildman–Crippen MR) is 90.6 cm³/mol. The van der Waals surface area contributed by atoms with Gasteiger partial charge in [0.25, 0.3) is 0 Å². The number of hydrogen-bond donors (Lipinski definition) is 1. The van der Waals surface area contributed by atoms with Crippen molar-refractivity contribution in [2.24, 2.45) is 0 Å². The Bertz CT molecular complexity index is 945. The normalized spacial score (nSPS) is 10.6. The summed E-state index contributed by atoms with van der Waals surface area (Å²) in [5, 5.41) is 6.70. The molecule has 0 radical (unpaired) electrons. The molecule has 0 fully saturated rings. The second-order valence-electron chi connectivity index (χ2n) is 5.44. The minimum Gasteiger partial charge on any atom is -0.388 e. The summed E-state index contributed by atoms with van der Waals surface area (Å²) in [6.07, 6.45) is 0.855. The number of anilines is 1. The first kappa shape index (κ1) is 16.6. The molecule has 3 rings (SSSR count). The number of hydrogen-bond acceptors (Lipinski definition) is 4. The van der Waals surface area contributed by atoms with Gasteiger partial charge < -0.3 is 9.73 Å². The van der Waals surface area contributed by atoms with Crippen molar-refractivity contribution in [1.29, 1.82) is 0 Å². The van der Waals surface area contributed by atoms with Gasteiger partial charge >= 0.3 is 5.76 Å². The first-order valence-corrected chi connectivity index (χ1v) is 7.78. The van der Waals surface area contributed by atoms with Gasteiger partial charge in [-0.05, 0) is 48.4 Å². The van der Waals surface area contributed by atoms with Crippen molar-refractivity contribution in [2.75, 3.05) is 5.32 Å². The number of halogens is 1. The molecule has 25 heavy (non-hydrogen) atoms. The third-order valence-electron chi connectivity index (χ3n) is 3.61. The van der Waals surface area contributed by atoms with Crippen LogP contribution in [0.1, 0.15) is 12.5 Å². The molecule has 0 aliphatic carbocycles. The number of carbonyl (C=O) groups excluding carboxylic acids is 1. The van der Waals surface area contributed by atoms with Crippen LogP contribution in [0.5, 0.6) is 0 Å². The molecule has 128 valence electrons. The van der Waals surface area contributed by atoms with E-state index in [1.54, 1.807) is 6.07 Å². The summed E-state index contributed by atoms with van der Waals surface area (Å²) in [4.78, 5) is 24.0. The van der Waals surface area contributed by atoms with Crippen LogP contribution in [-0.2, 0) is 17.8 Å². The van der Waals surface area contributed by atoms with Crippen molar-refractivity contribution in [3.05, 3.63) is 70.5 Å². The lowest BCUT2D eigenvalue weighted by Gasteiger charge is -2.06. The zero-order valence-corrected chi connectivity index (χ0v) is 13.5. The number of aromatic nitrogens is 2. The molecule has 0 bridgehead atoms. The van der Waals surface area contributed by atoms with E-state index in [1.807, 2.05) is 25.1 Å². The van der Waals surface area contributed by atoms with Gasteiger partial charge in [0.15, 0.2) is 0 Å². The summed E-state index contributed by atoms with van der Waals surface area (Å²) in [5.74, 6) is -1.52. The molecule has 0 aliphatic heterocycles. The molecule has 0 saturated heterocycles. The average Bonchev–Trinajstić information content (AvgIpc) is 2.96. The van der Waals surface area contributed by atoms with Crippen LogP contribution in [0.15, 0.2) is 57.7 Å². The van der Waals surface area contributed by atoms with Crippen LogP contribution in [-0.4, -0.2) is 15.7 Å². The maximum Gasteiger partial charge on any atom is 0.437 e. The fraction of sp³-hybridized carbons (Fsp3) is 0.167. The first-order valence-electron chi connectivity index (χ1n) is 7.78. The van der Waals surface area contributed by atoms with Gasteiger partial charge in [-0.15, -0.1) is 5.10 Å². The molecule has 1 heterocycles. The van der Waals surface area contributed by atoms with Gasteiger partial charge in [-0.1, -0.05) is 19.1 Å². The second kappa shape index (κ2) is 7.12. The largest absolute Gasteiger partial charge is 0.437 e. The number of aryl methyl sites for hydroxylation is 1. The van der Waals surface area contributed by atoms with Gasteiger partial charge in [-0.2, -0.15) is 4.68 Å². The Hall–Kier alpha value is -3.22.